The molecular formula is C17H26FNO. The standard InChI is InChI=1S/C17H26FNO/c1-13(2)19-12-15(8-9-17-7-4-10-20-17)14-5-3-6-16(18)11-14/h3,5-6,11,13,15,17,19H,4,7-10,12H2,1-2H3. The summed E-state index contributed by atoms with van der Waals surface area (Å²) in [5.74, 6) is 0.214. The fraction of sp³-hybridized carbons (Fsp3) is 0.647. The minimum atomic E-state index is -0.144. The fourth-order valence-corrected chi connectivity index (χ4v) is 2.78. The molecule has 0 aromatic heterocycles. The first-order valence-electron chi connectivity index (χ1n) is 7.75. The van der Waals surface area contributed by atoms with Gasteiger partial charge in [0, 0.05) is 19.2 Å². The SMILES string of the molecule is CC(C)NCC(CCC1CCCO1)c1cccc(F)c1. The number of hydrogen-bond donors (Lipinski definition) is 1. The van der Waals surface area contributed by atoms with Crippen LogP contribution in [0.25, 0.3) is 0 Å². The third-order valence-corrected chi connectivity index (χ3v) is 3.95. The molecule has 2 unspecified atom stereocenters. The predicted molar refractivity (Wildman–Crippen MR) is 80.5 cm³/mol. The topological polar surface area (TPSA) is 21.3 Å². The van der Waals surface area contributed by atoms with Gasteiger partial charge in [-0.25, -0.2) is 4.39 Å². The molecule has 0 amide bonds. The second-order valence-corrected chi connectivity index (χ2v) is 6.03. The van der Waals surface area contributed by atoms with Gasteiger partial charge in [-0.3, -0.25) is 0 Å². The minimum Gasteiger partial charge on any atom is -0.378 e. The van der Waals surface area contributed by atoms with Gasteiger partial charge in [0.1, 0.15) is 5.82 Å². The highest BCUT2D eigenvalue weighted by atomic mass is 19.1. The fourth-order valence-electron chi connectivity index (χ4n) is 2.78. The highest BCUT2D eigenvalue weighted by molar-refractivity contribution is 5.21. The molecule has 1 aliphatic heterocycles. The molecule has 0 saturated carbocycles. The van der Waals surface area contributed by atoms with E-state index in [4.69, 9.17) is 4.74 Å². The number of halogens is 1. The van der Waals surface area contributed by atoms with Crippen molar-refractivity contribution in [1.29, 1.82) is 0 Å². The van der Waals surface area contributed by atoms with Gasteiger partial charge < -0.3 is 10.1 Å². The lowest BCUT2D eigenvalue weighted by Crippen LogP contribution is -2.28. The van der Waals surface area contributed by atoms with Crippen LogP contribution in [-0.2, 0) is 4.74 Å². The Labute approximate surface area is 121 Å². The molecule has 112 valence electrons. The molecule has 2 nitrogen and oxygen atoms in total. The van der Waals surface area contributed by atoms with Crippen molar-refractivity contribution >= 4 is 0 Å². The Morgan fingerprint density at radius 1 is 1.40 bits per heavy atom. The van der Waals surface area contributed by atoms with E-state index in [2.05, 4.69) is 19.2 Å². The monoisotopic (exact) mass is 279 g/mol. The summed E-state index contributed by atoms with van der Waals surface area (Å²) in [6, 6.07) is 7.47. The van der Waals surface area contributed by atoms with Gasteiger partial charge in [0.15, 0.2) is 0 Å². The van der Waals surface area contributed by atoms with Crippen LogP contribution in [0.15, 0.2) is 24.3 Å². The van der Waals surface area contributed by atoms with E-state index in [0.717, 1.165) is 31.6 Å². The van der Waals surface area contributed by atoms with Crippen molar-refractivity contribution in [3.63, 3.8) is 0 Å². The second-order valence-electron chi connectivity index (χ2n) is 6.03. The first kappa shape index (κ1) is 15.5. The maximum atomic E-state index is 13.4. The van der Waals surface area contributed by atoms with Crippen molar-refractivity contribution in [2.24, 2.45) is 0 Å². The summed E-state index contributed by atoms with van der Waals surface area (Å²) in [6.45, 7) is 6.08. The molecule has 1 heterocycles. The number of nitrogens with one attached hydrogen (secondary N) is 1. The van der Waals surface area contributed by atoms with Crippen LogP contribution in [0.3, 0.4) is 0 Å². The highest BCUT2D eigenvalue weighted by Crippen LogP contribution is 2.26. The largest absolute Gasteiger partial charge is 0.378 e. The van der Waals surface area contributed by atoms with Gasteiger partial charge in [0.05, 0.1) is 6.10 Å². The molecule has 1 N–H and O–H groups in total. The summed E-state index contributed by atoms with van der Waals surface area (Å²) < 4.78 is 19.1. The van der Waals surface area contributed by atoms with Gasteiger partial charge in [-0.2, -0.15) is 0 Å². The lowest BCUT2D eigenvalue weighted by molar-refractivity contribution is 0.100. The molecule has 1 aliphatic rings. The van der Waals surface area contributed by atoms with Crippen LogP contribution in [0.1, 0.15) is 51.0 Å². The van der Waals surface area contributed by atoms with Crippen molar-refractivity contribution in [3.05, 3.63) is 35.6 Å². The third kappa shape index (κ3) is 4.88. The van der Waals surface area contributed by atoms with Crippen molar-refractivity contribution in [1.82, 2.24) is 5.32 Å². The lowest BCUT2D eigenvalue weighted by Gasteiger charge is -2.21. The van der Waals surface area contributed by atoms with Crippen LogP contribution in [0.2, 0.25) is 0 Å². The Bertz CT molecular complexity index is 402. The highest BCUT2D eigenvalue weighted by Gasteiger charge is 2.19. The Balaban J connectivity index is 1.95. The summed E-state index contributed by atoms with van der Waals surface area (Å²) in [4.78, 5) is 0. The van der Waals surface area contributed by atoms with Crippen LogP contribution >= 0.6 is 0 Å². The zero-order valence-electron chi connectivity index (χ0n) is 12.6. The molecule has 0 bridgehead atoms. The molecular weight excluding hydrogens is 253 g/mol. The lowest BCUT2D eigenvalue weighted by atomic mass is 9.92. The van der Waals surface area contributed by atoms with E-state index in [1.807, 2.05) is 6.07 Å². The molecule has 1 aromatic rings. The van der Waals surface area contributed by atoms with E-state index >= 15 is 0 Å². The van der Waals surface area contributed by atoms with Gasteiger partial charge in [-0.1, -0.05) is 26.0 Å². The normalized spacial score (nSPS) is 20.5. The van der Waals surface area contributed by atoms with Gasteiger partial charge in [0.2, 0.25) is 0 Å². The second kappa shape index (κ2) is 7.75. The number of ether oxygens (including phenoxy) is 1. The predicted octanol–water partition coefficient (Wildman–Crippen LogP) is 3.87. The van der Waals surface area contributed by atoms with E-state index < -0.39 is 0 Å². The molecule has 0 aliphatic carbocycles. The van der Waals surface area contributed by atoms with Crippen molar-refractivity contribution < 1.29 is 9.13 Å². The molecule has 0 spiro atoms. The van der Waals surface area contributed by atoms with Crippen molar-refractivity contribution in [3.8, 4) is 0 Å². The van der Waals surface area contributed by atoms with Gasteiger partial charge in [-0.05, 0) is 49.3 Å². The summed E-state index contributed by atoms with van der Waals surface area (Å²) in [6.07, 6.45) is 4.88. The summed E-state index contributed by atoms with van der Waals surface area (Å²) >= 11 is 0. The van der Waals surface area contributed by atoms with E-state index in [9.17, 15) is 4.39 Å². The number of rotatable bonds is 7. The summed E-state index contributed by atoms with van der Waals surface area (Å²) in [5, 5.41) is 3.48. The first-order valence-corrected chi connectivity index (χ1v) is 7.75. The third-order valence-electron chi connectivity index (χ3n) is 3.95. The molecule has 2 atom stereocenters. The van der Waals surface area contributed by atoms with Crippen LogP contribution in [0, 0.1) is 5.82 Å². The first-order chi connectivity index (χ1) is 9.65. The van der Waals surface area contributed by atoms with E-state index in [-0.39, 0.29) is 5.82 Å². The minimum absolute atomic E-state index is 0.144. The molecule has 2 rings (SSSR count). The molecule has 3 heteroatoms. The maximum absolute atomic E-state index is 13.4. The molecule has 20 heavy (non-hydrogen) atoms. The van der Waals surface area contributed by atoms with E-state index in [1.54, 1.807) is 12.1 Å². The van der Waals surface area contributed by atoms with Crippen molar-refractivity contribution in [2.75, 3.05) is 13.2 Å². The number of benzene rings is 1. The Morgan fingerprint density at radius 3 is 2.90 bits per heavy atom. The zero-order chi connectivity index (χ0) is 14.4. The molecule has 1 aromatic carbocycles. The van der Waals surface area contributed by atoms with Gasteiger partial charge in [0.25, 0.3) is 0 Å². The van der Waals surface area contributed by atoms with Crippen LogP contribution in [0.5, 0.6) is 0 Å². The van der Waals surface area contributed by atoms with Gasteiger partial charge in [-0.15, -0.1) is 0 Å². The van der Waals surface area contributed by atoms with Crippen molar-refractivity contribution in [2.45, 2.75) is 57.6 Å². The van der Waals surface area contributed by atoms with E-state index in [1.165, 1.54) is 18.9 Å². The Kier molecular flexibility index (Phi) is 5.99. The average Bonchev–Trinajstić information content (AvgIpc) is 2.91. The summed E-state index contributed by atoms with van der Waals surface area (Å²) in [5.41, 5.74) is 1.09. The Morgan fingerprint density at radius 2 is 2.25 bits per heavy atom. The quantitative estimate of drug-likeness (QED) is 0.818. The Hall–Kier alpha value is -0.930. The molecule has 0 radical (unpaired) electrons. The smallest absolute Gasteiger partial charge is 0.123 e. The van der Waals surface area contributed by atoms with Crippen LogP contribution < -0.4 is 5.32 Å². The van der Waals surface area contributed by atoms with Crippen LogP contribution in [-0.4, -0.2) is 25.3 Å². The number of hydrogen-bond acceptors (Lipinski definition) is 2. The molecule has 1 saturated heterocycles. The van der Waals surface area contributed by atoms with E-state index in [0.29, 0.717) is 18.1 Å². The van der Waals surface area contributed by atoms with Gasteiger partial charge >= 0.3 is 0 Å². The summed E-state index contributed by atoms with van der Waals surface area (Å²) in [7, 11) is 0. The maximum Gasteiger partial charge on any atom is 0.123 e. The average molecular weight is 279 g/mol. The van der Waals surface area contributed by atoms with Crippen LogP contribution in [0.4, 0.5) is 4.39 Å². The molecule has 1 fully saturated rings. The zero-order valence-corrected chi connectivity index (χ0v) is 12.6.